The Hall–Kier alpha value is -0.740. The lowest BCUT2D eigenvalue weighted by Crippen LogP contribution is -1.63. The first-order valence-corrected chi connectivity index (χ1v) is 4.97. The maximum Gasteiger partial charge on any atom is -0.00156 e. The van der Waals surface area contributed by atoms with E-state index in [1.54, 1.807) is 5.30 Å². The SMILES string of the molecule is CCc1cc2ccccc2[pH]1. The lowest BCUT2D eigenvalue weighted by Gasteiger charge is -1.83. The molecule has 0 spiro atoms. The summed E-state index contributed by atoms with van der Waals surface area (Å²) in [6.07, 6.45) is 1.20. The van der Waals surface area contributed by atoms with Gasteiger partial charge in [0.2, 0.25) is 0 Å². The van der Waals surface area contributed by atoms with Gasteiger partial charge in [0.15, 0.2) is 0 Å². The summed E-state index contributed by atoms with van der Waals surface area (Å²) in [5, 5.41) is 4.54. The van der Waals surface area contributed by atoms with Gasteiger partial charge in [0.05, 0.1) is 0 Å². The summed E-state index contributed by atoms with van der Waals surface area (Å²) >= 11 is 0. The molecule has 56 valence electrons. The van der Waals surface area contributed by atoms with Crippen LogP contribution in [0.4, 0.5) is 0 Å². The summed E-state index contributed by atoms with van der Waals surface area (Å²) in [7, 11) is 0.932. The molecule has 0 saturated heterocycles. The molecule has 0 bridgehead atoms. The summed E-state index contributed by atoms with van der Waals surface area (Å²) in [4.78, 5) is 0. The Morgan fingerprint density at radius 3 is 2.82 bits per heavy atom. The van der Waals surface area contributed by atoms with E-state index in [0.29, 0.717) is 0 Å². The molecular formula is C10H11P. The maximum atomic E-state index is 2.33. The molecule has 2 rings (SSSR count). The summed E-state index contributed by atoms with van der Waals surface area (Å²) < 4.78 is 0. The Labute approximate surface area is 68.3 Å². The van der Waals surface area contributed by atoms with E-state index in [1.165, 1.54) is 16.9 Å². The number of fused-ring (bicyclic) bond motifs is 1. The normalized spacial score (nSPS) is 11.4. The molecule has 1 aromatic carbocycles. The lowest BCUT2D eigenvalue weighted by atomic mass is 10.2. The molecule has 11 heavy (non-hydrogen) atoms. The molecule has 0 nitrogen and oxygen atoms in total. The van der Waals surface area contributed by atoms with Crippen LogP contribution < -0.4 is 0 Å². The zero-order valence-corrected chi connectivity index (χ0v) is 7.59. The number of rotatable bonds is 1. The van der Waals surface area contributed by atoms with Gasteiger partial charge in [0.25, 0.3) is 0 Å². The molecule has 0 aliphatic carbocycles. The third-order valence-electron chi connectivity index (χ3n) is 1.97. The smallest absolute Gasteiger partial charge is 0.00156 e. The molecule has 0 aliphatic rings. The second-order valence-electron chi connectivity index (χ2n) is 2.74. The van der Waals surface area contributed by atoms with E-state index in [1.807, 2.05) is 0 Å². The van der Waals surface area contributed by atoms with E-state index in [0.717, 1.165) is 8.19 Å². The van der Waals surface area contributed by atoms with Crippen molar-refractivity contribution >= 4 is 18.7 Å². The standard InChI is InChI=1S/C10H11P/c1-2-9-7-8-5-3-4-6-10(8)11-9/h3-7,11H,2H2,1H3. The Kier molecular flexibility index (Phi) is 1.71. The van der Waals surface area contributed by atoms with Crippen molar-refractivity contribution in [3.63, 3.8) is 0 Å². The minimum absolute atomic E-state index is 0.932. The Bertz CT molecular complexity index is 327. The van der Waals surface area contributed by atoms with Crippen LogP contribution in [0.5, 0.6) is 0 Å². The predicted octanol–water partition coefficient (Wildman–Crippen LogP) is 3.43. The van der Waals surface area contributed by atoms with Gasteiger partial charge in [-0.3, -0.25) is 0 Å². The molecule has 1 heteroatoms. The van der Waals surface area contributed by atoms with Gasteiger partial charge in [0.1, 0.15) is 0 Å². The fraction of sp³-hybridized carbons (Fsp3) is 0.200. The van der Waals surface area contributed by atoms with Crippen molar-refractivity contribution in [3.8, 4) is 0 Å². The fourth-order valence-electron chi connectivity index (χ4n) is 1.32. The topological polar surface area (TPSA) is 0 Å². The van der Waals surface area contributed by atoms with E-state index in [-0.39, 0.29) is 0 Å². The van der Waals surface area contributed by atoms with Crippen molar-refractivity contribution in [2.24, 2.45) is 0 Å². The third-order valence-corrected chi connectivity index (χ3v) is 3.51. The zero-order chi connectivity index (χ0) is 7.68. The van der Waals surface area contributed by atoms with Crippen LogP contribution in [0.2, 0.25) is 0 Å². The van der Waals surface area contributed by atoms with Gasteiger partial charge in [-0.05, 0) is 28.3 Å². The fourth-order valence-corrected chi connectivity index (χ4v) is 2.55. The van der Waals surface area contributed by atoms with Gasteiger partial charge in [-0.1, -0.05) is 31.2 Å². The first kappa shape index (κ1) is 6.94. The first-order valence-electron chi connectivity index (χ1n) is 3.97. The van der Waals surface area contributed by atoms with Crippen molar-refractivity contribution in [2.45, 2.75) is 13.3 Å². The molecule has 0 aliphatic heterocycles. The first-order chi connectivity index (χ1) is 5.40. The zero-order valence-electron chi connectivity index (χ0n) is 6.59. The predicted molar refractivity (Wildman–Crippen MR) is 52.8 cm³/mol. The van der Waals surface area contributed by atoms with Crippen LogP contribution in [0.1, 0.15) is 12.2 Å². The maximum absolute atomic E-state index is 2.33. The highest BCUT2D eigenvalue weighted by molar-refractivity contribution is 7.38. The number of benzene rings is 1. The second kappa shape index (κ2) is 2.71. The summed E-state index contributed by atoms with van der Waals surface area (Å²) in [6.45, 7) is 2.23. The molecule has 0 fully saturated rings. The Balaban J connectivity index is 2.69. The quantitative estimate of drug-likeness (QED) is 0.602. The van der Waals surface area contributed by atoms with Crippen LogP contribution in [-0.4, -0.2) is 0 Å². The average Bonchev–Trinajstić information content (AvgIpc) is 2.46. The van der Waals surface area contributed by atoms with Gasteiger partial charge in [-0.2, -0.15) is 0 Å². The molecule has 0 saturated carbocycles. The van der Waals surface area contributed by atoms with E-state index < -0.39 is 0 Å². The summed E-state index contributed by atoms with van der Waals surface area (Å²) in [5.41, 5.74) is 0. The highest BCUT2D eigenvalue weighted by atomic mass is 31.0. The van der Waals surface area contributed by atoms with Gasteiger partial charge >= 0.3 is 0 Å². The van der Waals surface area contributed by atoms with E-state index in [9.17, 15) is 0 Å². The third kappa shape index (κ3) is 1.19. The van der Waals surface area contributed by atoms with E-state index >= 15 is 0 Å². The molecule has 1 atom stereocenters. The Morgan fingerprint density at radius 1 is 1.27 bits per heavy atom. The largest absolute Gasteiger partial charge is 0.128 e. The number of hydrogen-bond donors (Lipinski definition) is 0. The number of hydrogen-bond acceptors (Lipinski definition) is 0. The highest BCUT2D eigenvalue weighted by Gasteiger charge is 1.95. The molecule has 0 amide bonds. The molecule has 1 unspecified atom stereocenters. The van der Waals surface area contributed by atoms with Crippen LogP contribution in [0.3, 0.4) is 0 Å². The van der Waals surface area contributed by atoms with Crippen LogP contribution in [-0.2, 0) is 6.42 Å². The van der Waals surface area contributed by atoms with Crippen LogP contribution in [0.25, 0.3) is 10.5 Å². The Morgan fingerprint density at radius 2 is 2.09 bits per heavy atom. The van der Waals surface area contributed by atoms with Crippen molar-refractivity contribution in [1.29, 1.82) is 0 Å². The van der Waals surface area contributed by atoms with Crippen molar-refractivity contribution in [2.75, 3.05) is 0 Å². The summed E-state index contributed by atoms with van der Waals surface area (Å²) in [5.74, 6) is 0. The van der Waals surface area contributed by atoms with Crippen LogP contribution in [0, 0.1) is 0 Å². The van der Waals surface area contributed by atoms with Crippen molar-refractivity contribution in [3.05, 3.63) is 35.6 Å². The minimum Gasteiger partial charge on any atom is -0.128 e. The summed E-state index contributed by atoms with van der Waals surface area (Å²) in [6, 6.07) is 11.0. The van der Waals surface area contributed by atoms with E-state index in [4.69, 9.17) is 0 Å². The van der Waals surface area contributed by atoms with Crippen molar-refractivity contribution in [1.82, 2.24) is 0 Å². The van der Waals surface area contributed by atoms with Crippen LogP contribution >= 0.6 is 8.19 Å². The molecule has 2 aromatic rings. The second-order valence-corrected chi connectivity index (χ2v) is 4.17. The average molecular weight is 162 g/mol. The van der Waals surface area contributed by atoms with Crippen LogP contribution in [0.15, 0.2) is 30.3 Å². The molecule has 1 aromatic heterocycles. The monoisotopic (exact) mass is 162 g/mol. The lowest BCUT2D eigenvalue weighted by molar-refractivity contribution is 1.19. The minimum atomic E-state index is 0.932. The van der Waals surface area contributed by atoms with Gasteiger partial charge in [0, 0.05) is 0 Å². The molecule has 0 N–H and O–H groups in total. The van der Waals surface area contributed by atoms with Gasteiger partial charge in [-0.25, -0.2) is 0 Å². The number of aryl methyl sites for hydroxylation is 1. The molecule has 0 radical (unpaired) electrons. The van der Waals surface area contributed by atoms with Gasteiger partial charge < -0.3 is 0 Å². The molecule has 1 heterocycles. The molecular weight excluding hydrogens is 151 g/mol. The van der Waals surface area contributed by atoms with Gasteiger partial charge in [-0.15, -0.1) is 8.19 Å². The van der Waals surface area contributed by atoms with Crippen molar-refractivity contribution < 1.29 is 0 Å². The van der Waals surface area contributed by atoms with E-state index in [2.05, 4.69) is 37.3 Å². The highest BCUT2D eigenvalue weighted by Crippen LogP contribution is 2.29.